The zero-order valence-electron chi connectivity index (χ0n) is 17.9. The maximum Gasteiger partial charge on any atom is 0.389 e. The number of carboxylic acid groups (broad SMARTS) is 1. The van der Waals surface area contributed by atoms with Crippen molar-refractivity contribution in [2.24, 2.45) is 0 Å². The highest BCUT2D eigenvalue weighted by Gasteiger charge is 2.37. The van der Waals surface area contributed by atoms with Gasteiger partial charge in [-0.2, -0.15) is 13.2 Å². The molecule has 1 aromatic heterocycles. The molecule has 0 saturated carbocycles. The van der Waals surface area contributed by atoms with Crippen LogP contribution in [0.3, 0.4) is 0 Å². The van der Waals surface area contributed by atoms with Crippen molar-refractivity contribution in [3.63, 3.8) is 0 Å². The molecule has 4 rings (SSSR count). The third-order valence-electron chi connectivity index (χ3n) is 5.93. The molecule has 0 unspecified atom stereocenters. The average molecular weight is 476 g/mol. The molecule has 0 bridgehead atoms. The second-order valence-electron chi connectivity index (χ2n) is 8.16. The summed E-state index contributed by atoms with van der Waals surface area (Å²) in [4.78, 5) is 15.5. The van der Waals surface area contributed by atoms with Gasteiger partial charge in [-0.05, 0) is 48.2 Å². The Morgan fingerprint density at radius 1 is 1.21 bits per heavy atom. The van der Waals surface area contributed by atoms with Crippen molar-refractivity contribution in [2.45, 2.75) is 31.5 Å². The van der Waals surface area contributed by atoms with Crippen LogP contribution in [0.2, 0.25) is 0 Å². The highest BCUT2D eigenvalue weighted by Crippen LogP contribution is 2.43. The van der Waals surface area contributed by atoms with Crippen LogP contribution in [-0.2, 0) is 11.2 Å². The largest absolute Gasteiger partial charge is 0.478 e. The van der Waals surface area contributed by atoms with E-state index in [2.05, 4.69) is 11.6 Å². The number of fused-ring (bicyclic) bond motifs is 3. The molecule has 9 heteroatoms. The Morgan fingerprint density at radius 3 is 2.53 bits per heavy atom. The summed E-state index contributed by atoms with van der Waals surface area (Å²) < 4.78 is 69.2. The maximum absolute atomic E-state index is 15.3. The fourth-order valence-electron chi connectivity index (χ4n) is 4.44. The van der Waals surface area contributed by atoms with Gasteiger partial charge in [-0.15, -0.1) is 0 Å². The number of para-hydroxylation sites is 1. The van der Waals surface area contributed by atoms with Gasteiger partial charge in [-0.3, -0.25) is 0 Å². The summed E-state index contributed by atoms with van der Waals surface area (Å²) in [5.74, 6) is -3.14. The van der Waals surface area contributed by atoms with Crippen molar-refractivity contribution in [3.05, 3.63) is 88.8 Å². The summed E-state index contributed by atoms with van der Waals surface area (Å²) in [6.45, 7) is 4.03. The van der Waals surface area contributed by atoms with Gasteiger partial charge >= 0.3 is 12.1 Å². The fourth-order valence-corrected chi connectivity index (χ4v) is 4.44. The highest BCUT2D eigenvalue weighted by molar-refractivity contribution is 5.86. The summed E-state index contributed by atoms with van der Waals surface area (Å²) in [5, 5.41) is 9.66. The van der Waals surface area contributed by atoms with E-state index in [0.29, 0.717) is 12.1 Å². The Morgan fingerprint density at radius 2 is 1.88 bits per heavy atom. The smallest absolute Gasteiger partial charge is 0.389 e. The minimum absolute atomic E-state index is 0.0104. The molecule has 0 saturated heterocycles. The number of nitrogens with zero attached hydrogens (tertiary/aromatic N) is 1. The van der Waals surface area contributed by atoms with E-state index in [1.807, 2.05) is 24.3 Å². The van der Waals surface area contributed by atoms with Gasteiger partial charge in [0, 0.05) is 41.3 Å². The van der Waals surface area contributed by atoms with Crippen LogP contribution in [0.25, 0.3) is 17.0 Å². The second-order valence-corrected chi connectivity index (χ2v) is 8.16. The number of rotatable bonds is 6. The summed E-state index contributed by atoms with van der Waals surface area (Å²) in [6.07, 6.45) is -3.61. The molecule has 4 nitrogen and oxygen atoms in total. The molecule has 34 heavy (non-hydrogen) atoms. The quantitative estimate of drug-likeness (QED) is 0.322. The van der Waals surface area contributed by atoms with Crippen LogP contribution < -0.4 is 0 Å². The van der Waals surface area contributed by atoms with Crippen molar-refractivity contribution < 1.29 is 31.9 Å². The predicted molar refractivity (Wildman–Crippen MR) is 118 cm³/mol. The van der Waals surface area contributed by atoms with Crippen LogP contribution in [0.15, 0.2) is 54.8 Å². The Labute approximate surface area is 192 Å². The molecule has 2 heterocycles. The molecule has 0 radical (unpaired) electrons. The molecular formula is C25H21F5N2O2. The number of hydrogen-bond donors (Lipinski definition) is 2. The van der Waals surface area contributed by atoms with E-state index in [1.165, 1.54) is 4.90 Å². The lowest BCUT2D eigenvalue weighted by atomic mass is 9.90. The molecule has 0 fully saturated rings. The topological polar surface area (TPSA) is 56.3 Å². The number of aromatic nitrogens is 1. The predicted octanol–water partition coefficient (Wildman–Crippen LogP) is 6.35. The minimum Gasteiger partial charge on any atom is -0.478 e. The van der Waals surface area contributed by atoms with Gasteiger partial charge in [0.1, 0.15) is 17.7 Å². The molecule has 0 spiro atoms. The van der Waals surface area contributed by atoms with Crippen LogP contribution in [0.5, 0.6) is 0 Å². The summed E-state index contributed by atoms with van der Waals surface area (Å²) in [5.41, 5.74) is 1.88. The van der Waals surface area contributed by atoms with Crippen LogP contribution in [0, 0.1) is 11.6 Å². The van der Waals surface area contributed by atoms with Crippen LogP contribution in [0.4, 0.5) is 22.0 Å². The van der Waals surface area contributed by atoms with Crippen molar-refractivity contribution >= 4 is 22.9 Å². The lowest BCUT2D eigenvalue weighted by molar-refractivity contribution is -0.135. The summed E-state index contributed by atoms with van der Waals surface area (Å²) in [6, 6.07) is 8.29. The highest BCUT2D eigenvalue weighted by atomic mass is 19.4. The van der Waals surface area contributed by atoms with Crippen molar-refractivity contribution in [2.75, 3.05) is 6.54 Å². The van der Waals surface area contributed by atoms with E-state index < -0.39 is 42.7 Å². The first-order chi connectivity index (χ1) is 16.0. The molecule has 0 amide bonds. The van der Waals surface area contributed by atoms with Crippen molar-refractivity contribution in [1.29, 1.82) is 0 Å². The number of allylic oxidation sites excluding steroid dienone is 1. The lowest BCUT2D eigenvalue weighted by Crippen LogP contribution is -2.36. The van der Waals surface area contributed by atoms with E-state index in [1.54, 1.807) is 0 Å². The fraction of sp³-hybridized carbons (Fsp3) is 0.240. The van der Waals surface area contributed by atoms with Crippen LogP contribution in [-0.4, -0.2) is 33.7 Å². The number of benzene rings is 2. The molecular weight excluding hydrogens is 455 g/mol. The zero-order chi connectivity index (χ0) is 24.6. The van der Waals surface area contributed by atoms with Gasteiger partial charge in [-0.25, -0.2) is 13.6 Å². The normalized spacial score (nSPS) is 16.3. The number of aromatic amines is 1. The molecule has 1 aliphatic heterocycles. The van der Waals surface area contributed by atoms with Gasteiger partial charge in [0.2, 0.25) is 0 Å². The number of H-pyrrole nitrogens is 1. The number of hydrogen-bond acceptors (Lipinski definition) is 2. The maximum atomic E-state index is 15.3. The van der Waals surface area contributed by atoms with E-state index in [9.17, 15) is 18.0 Å². The third-order valence-corrected chi connectivity index (χ3v) is 5.93. The monoisotopic (exact) mass is 476 g/mol. The molecule has 0 aliphatic carbocycles. The van der Waals surface area contributed by atoms with Gasteiger partial charge in [0.05, 0.1) is 5.56 Å². The molecule has 2 aromatic carbocycles. The Bertz CT molecular complexity index is 1270. The van der Waals surface area contributed by atoms with E-state index in [4.69, 9.17) is 5.11 Å². The van der Waals surface area contributed by atoms with Gasteiger partial charge in [0.25, 0.3) is 0 Å². The minimum atomic E-state index is -4.39. The van der Waals surface area contributed by atoms with Crippen LogP contribution in [0.1, 0.15) is 41.3 Å². The van der Waals surface area contributed by atoms with Gasteiger partial charge in [0.15, 0.2) is 0 Å². The Kier molecular flexibility index (Phi) is 6.20. The zero-order valence-corrected chi connectivity index (χ0v) is 17.9. The summed E-state index contributed by atoms with van der Waals surface area (Å²) in [7, 11) is 0. The first-order valence-electron chi connectivity index (χ1n) is 10.6. The average Bonchev–Trinajstić information content (AvgIpc) is 3.14. The molecule has 3 aromatic rings. The molecule has 1 atom stereocenters. The Hall–Kier alpha value is -3.62. The number of carboxylic acids is 1. The van der Waals surface area contributed by atoms with E-state index >= 15 is 8.78 Å². The Balaban J connectivity index is 1.83. The van der Waals surface area contributed by atoms with E-state index in [0.717, 1.165) is 40.8 Å². The molecule has 1 aliphatic rings. The first kappa shape index (κ1) is 23.5. The van der Waals surface area contributed by atoms with Crippen molar-refractivity contribution in [1.82, 2.24) is 9.88 Å². The third kappa shape index (κ3) is 4.69. The molecule has 2 N–H and O–H groups in total. The van der Waals surface area contributed by atoms with E-state index in [-0.39, 0.29) is 23.4 Å². The van der Waals surface area contributed by atoms with Gasteiger partial charge in [-0.1, -0.05) is 24.8 Å². The molecule has 178 valence electrons. The standard InChI is InChI=1S/C25H21F5N2O2/c1-14(8-10-25(28,29)30)32-11-9-17-16-4-2-3-5-20(16)31-23(17)24(32)22-18(26)12-15(13-19(22)27)6-7-21(33)34/h2-7,12-13,24,31H,1,8-11H2,(H,33,34)/b7-6+/t24-/m1/s1. The van der Waals surface area contributed by atoms with Crippen molar-refractivity contribution in [3.8, 4) is 0 Å². The first-order valence-corrected chi connectivity index (χ1v) is 10.6. The number of halogens is 5. The van der Waals surface area contributed by atoms with Gasteiger partial charge < -0.3 is 15.0 Å². The number of carbonyl (C=O) groups is 1. The number of aliphatic carboxylic acids is 1. The second kappa shape index (κ2) is 8.96. The number of nitrogens with one attached hydrogen (secondary N) is 1. The SMILES string of the molecule is C=C(CCC(F)(F)F)N1CCc2c([nH]c3ccccc23)[C@H]1c1c(F)cc(/C=C/C(=O)O)cc1F. The van der Waals surface area contributed by atoms with Crippen LogP contribution >= 0.6 is 0 Å². The summed E-state index contributed by atoms with van der Waals surface area (Å²) >= 11 is 0. The lowest BCUT2D eigenvalue weighted by Gasteiger charge is -2.39. The number of alkyl halides is 3.